The van der Waals surface area contributed by atoms with Gasteiger partial charge in [-0.1, -0.05) is 49.7 Å². The molecule has 6 heteroatoms. The van der Waals surface area contributed by atoms with Crippen LogP contribution in [-0.2, 0) is 12.0 Å². The van der Waals surface area contributed by atoms with E-state index in [4.69, 9.17) is 11.6 Å². The summed E-state index contributed by atoms with van der Waals surface area (Å²) >= 11 is 6.32. The number of hydrogen-bond donors (Lipinski definition) is 2. The van der Waals surface area contributed by atoms with Crippen molar-refractivity contribution in [2.24, 2.45) is 4.99 Å². The molecule has 0 radical (unpaired) electrons. The minimum Gasteiger partial charge on any atom is -0.356 e. The average Bonchev–Trinajstić information content (AvgIpc) is 2.56. The highest BCUT2D eigenvalue weighted by molar-refractivity contribution is 14.0. The predicted octanol–water partition coefficient (Wildman–Crippen LogP) is 4.00. The van der Waals surface area contributed by atoms with Crippen LogP contribution in [0.4, 0.5) is 0 Å². The quantitative estimate of drug-likeness (QED) is 0.405. The van der Waals surface area contributed by atoms with Gasteiger partial charge in [0.2, 0.25) is 0 Å². The molecule has 24 heavy (non-hydrogen) atoms. The van der Waals surface area contributed by atoms with Gasteiger partial charge in [0.15, 0.2) is 5.96 Å². The SMILES string of the molecule is CN=C(NCc1ccccn1)NCC(C)(C)c1ccccc1Cl.I. The summed E-state index contributed by atoms with van der Waals surface area (Å²) in [6, 6.07) is 13.8. The van der Waals surface area contributed by atoms with Crippen molar-refractivity contribution in [3.63, 3.8) is 0 Å². The zero-order valence-corrected chi connectivity index (χ0v) is 17.3. The topological polar surface area (TPSA) is 49.3 Å². The first-order valence-corrected chi connectivity index (χ1v) is 8.00. The van der Waals surface area contributed by atoms with Crippen molar-refractivity contribution in [3.8, 4) is 0 Å². The van der Waals surface area contributed by atoms with Gasteiger partial charge in [-0.15, -0.1) is 24.0 Å². The minimum absolute atomic E-state index is 0. The normalized spacial score (nSPS) is 11.6. The molecule has 0 bridgehead atoms. The molecule has 1 aromatic heterocycles. The van der Waals surface area contributed by atoms with Gasteiger partial charge < -0.3 is 10.6 Å². The molecule has 1 heterocycles. The van der Waals surface area contributed by atoms with Crippen molar-refractivity contribution in [2.45, 2.75) is 25.8 Å². The predicted molar refractivity (Wildman–Crippen MR) is 112 cm³/mol. The van der Waals surface area contributed by atoms with Gasteiger partial charge in [0.25, 0.3) is 0 Å². The highest BCUT2D eigenvalue weighted by Crippen LogP contribution is 2.28. The molecule has 0 spiro atoms. The van der Waals surface area contributed by atoms with E-state index in [0.717, 1.165) is 28.8 Å². The Morgan fingerprint density at radius 1 is 1.12 bits per heavy atom. The van der Waals surface area contributed by atoms with Gasteiger partial charge in [-0.3, -0.25) is 9.98 Å². The molecule has 0 aliphatic rings. The van der Waals surface area contributed by atoms with E-state index in [-0.39, 0.29) is 29.4 Å². The molecule has 0 aliphatic heterocycles. The second kappa shape index (κ2) is 9.84. The number of aromatic nitrogens is 1. The summed E-state index contributed by atoms with van der Waals surface area (Å²) in [4.78, 5) is 8.55. The number of rotatable bonds is 5. The van der Waals surface area contributed by atoms with Crippen LogP contribution in [0.5, 0.6) is 0 Å². The van der Waals surface area contributed by atoms with E-state index in [0.29, 0.717) is 6.54 Å². The van der Waals surface area contributed by atoms with Gasteiger partial charge in [0, 0.05) is 30.2 Å². The Balaban J connectivity index is 0.00000288. The van der Waals surface area contributed by atoms with Crippen molar-refractivity contribution in [3.05, 3.63) is 64.9 Å². The van der Waals surface area contributed by atoms with Crippen molar-refractivity contribution in [2.75, 3.05) is 13.6 Å². The highest BCUT2D eigenvalue weighted by atomic mass is 127. The summed E-state index contributed by atoms with van der Waals surface area (Å²) in [6.45, 7) is 5.67. The molecule has 0 saturated heterocycles. The third-order valence-electron chi connectivity index (χ3n) is 3.69. The Labute approximate surface area is 166 Å². The van der Waals surface area contributed by atoms with Crippen LogP contribution in [0.2, 0.25) is 5.02 Å². The summed E-state index contributed by atoms with van der Waals surface area (Å²) in [6.07, 6.45) is 1.79. The fourth-order valence-electron chi connectivity index (χ4n) is 2.31. The number of halogens is 2. The number of nitrogens with zero attached hydrogens (tertiary/aromatic N) is 2. The minimum atomic E-state index is -0.110. The molecular formula is C18H24ClIN4. The van der Waals surface area contributed by atoms with Crippen molar-refractivity contribution < 1.29 is 0 Å². The number of aliphatic imine (C=N–C) groups is 1. The molecule has 0 amide bonds. The Kier molecular flexibility index (Phi) is 8.48. The molecule has 0 fully saturated rings. The van der Waals surface area contributed by atoms with E-state index in [1.807, 2.05) is 36.4 Å². The van der Waals surface area contributed by atoms with E-state index in [9.17, 15) is 0 Å². The lowest BCUT2D eigenvalue weighted by Gasteiger charge is -2.27. The van der Waals surface area contributed by atoms with Crippen LogP contribution in [0.15, 0.2) is 53.7 Å². The van der Waals surface area contributed by atoms with Crippen molar-refractivity contribution >= 4 is 41.5 Å². The third-order valence-corrected chi connectivity index (χ3v) is 4.02. The van der Waals surface area contributed by atoms with Crippen LogP contribution >= 0.6 is 35.6 Å². The van der Waals surface area contributed by atoms with E-state index >= 15 is 0 Å². The molecular weight excluding hydrogens is 435 g/mol. The van der Waals surface area contributed by atoms with Crippen LogP contribution in [0.3, 0.4) is 0 Å². The van der Waals surface area contributed by atoms with Gasteiger partial charge in [-0.2, -0.15) is 0 Å². The smallest absolute Gasteiger partial charge is 0.191 e. The lowest BCUT2D eigenvalue weighted by molar-refractivity contribution is 0.508. The fourth-order valence-corrected chi connectivity index (χ4v) is 2.70. The Morgan fingerprint density at radius 2 is 1.83 bits per heavy atom. The van der Waals surface area contributed by atoms with Crippen LogP contribution in [0, 0.1) is 0 Å². The number of guanidine groups is 1. The second-order valence-corrected chi connectivity index (χ2v) is 6.37. The Morgan fingerprint density at radius 3 is 2.46 bits per heavy atom. The van der Waals surface area contributed by atoms with Gasteiger partial charge in [-0.25, -0.2) is 0 Å². The van der Waals surface area contributed by atoms with Gasteiger partial charge in [0.1, 0.15) is 0 Å². The van der Waals surface area contributed by atoms with Crippen molar-refractivity contribution in [1.29, 1.82) is 0 Å². The molecule has 1 aromatic carbocycles. The van der Waals surface area contributed by atoms with E-state index < -0.39 is 0 Å². The fraction of sp³-hybridized carbons (Fsp3) is 0.333. The molecule has 130 valence electrons. The first-order chi connectivity index (χ1) is 11.0. The lowest BCUT2D eigenvalue weighted by Crippen LogP contribution is -2.43. The van der Waals surface area contributed by atoms with E-state index in [1.165, 1.54) is 0 Å². The average molecular weight is 459 g/mol. The maximum atomic E-state index is 6.32. The summed E-state index contributed by atoms with van der Waals surface area (Å²) in [7, 11) is 1.76. The Bertz CT molecular complexity index is 659. The summed E-state index contributed by atoms with van der Waals surface area (Å²) < 4.78 is 0. The lowest BCUT2D eigenvalue weighted by atomic mass is 9.84. The zero-order chi connectivity index (χ0) is 16.7. The summed E-state index contributed by atoms with van der Waals surface area (Å²) in [5.41, 5.74) is 1.98. The van der Waals surface area contributed by atoms with E-state index in [2.05, 4.69) is 40.5 Å². The van der Waals surface area contributed by atoms with Crippen LogP contribution in [0.25, 0.3) is 0 Å². The van der Waals surface area contributed by atoms with Gasteiger partial charge >= 0.3 is 0 Å². The third kappa shape index (κ3) is 5.94. The van der Waals surface area contributed by atoms with Crippen LogP contribution in [0.1, 0.15) is 25.1 Å². The molecule has 0 aliphatic carbocycles. The number of pyridine rings is 1. The molecule has 0 atom stereocenters. The number of hydrogen-bond acceptors (Lipinski definition) is 2. The maximum Gasteiger partial charge on any atom is 0.191 e. The molecule has 0 saturated carbocycles. The number of benzene rings is 1. The summed E-state index contributed by atoms with van der Waals surface area (Å²) in [5, 5.41) is 7.41. The van der Waals surface area contributed by atoms with E-state index in [1.54, 1.807) is 13.2 Å². The Hall–Kier alpha value is -1.34. The molecule has 4 nitrogen and oxygen atoms in total. The van der Waals surface area contributed by atoms with Gasteiger partial charge in [-0.05, 0) is 23.8 Å². The largest absolute Gasteiger partial charge is 0.356 e. The zero-order valence-electron chi connectivity index (χ0n) is 14.2. The highest BCUT2D eigenvalue weighted by Gasteiger charge is 2.23. The maximum absolute atomic E-state index is 6.32. The van der Waals surface area contributed by atoms with Crippen molar-refractivity contribution in [1.82, 2.24) is 15.6 Å². The number of nitrogens with one attached hydrogen (secondary N) is 2. The first kappa shape index (κ1) is 20.7. The van der Waals surface area contributed by atoms with Crippen LogP contribution in [-0.4, -0.2) is 24.5 Å². The summed E-state index contributed by atoms with van der Waals surface area (Å²) in [5.74, 6) is 0.746. The monoisotopic (exact) mass is 458 g/mol. The molecule has 2 N–H and O–H groups in total. The van der Waals surface area contributed by atoms with Crippen LogP contribution < -0.4 is 10.6 Å². The molecule has 2 aromatic rings. The molecule has 2 rings (SSSR count). The molecule has 0 unspecified atom stereocenters. The standard InChI is InChI=1S/C18H23ClN4.HI/c1-18(2,15-9-4-5-10-16(15)19)13-23-17(20-3)22-12-14-8-6-7-11-21-14;/h4-11H,12-13H2,1-3H3,(H2,20,22,23);1H. The second-order valence-electron chi connectivity index (χ2n) is 5.96. The van der Waals surface area contributed by atoms with Gasteiger partial charge in [0.05, 0.1) is 12.2 Å². The first-order valence-electron chi connectivity index (χ1n) is 7.62.